The standard InChI is InChI=1S/C30H26ClN3OS/c1-3-20-11-14-24(15-12-20)32-19(2)33-30(35)22-13-16-28-26(18-22)34-29(21-7-6-8-23(31)17-21)25-9-4-5-10-27(25)36-28/h4-19,32H,3H2,1-2H3,(H,33,35). The molecule has 4 aromatic carbocycles. The van der Waals surface area contributed by atoms with Gasteiger partial charge in [0.25, 0.3) is 5.91 Å². The number of carbonyl (C=O) groups excluding carboxylic acids is 1. The molecule has 0 aromatic heterocycles. The van der Waals surface area contributed by atoms with E-state index in [2.05, 4.69) is 41.8 Å². The third kappa shape index (κ3) is 5.32. The third-order valence-corrected chi connectivity index (χ3v) is 7.38. The van der Waals surface area contributed by atoms with Crippen molar-refractivity contribution in [3.63, 3.8) is 0 Å². The highest BCUT2D eigenvalue weighted by atomic mass is 35.5. The van der Waals surface area contributed by atoms with Gasteiger partial charge in [0.05, 0.1) is 17.6 Å². The topological polar surface area (TPSA) is 53.5 Å². The number of aliphatic imine (C=N–C) groups is 1. The van der Waals surface area contributed by atoms with Crippen LogP contribution in [0.5, 0.6) is 0 Å². The molecule has 1 aliphatic rings. The second-order valence-electron chi connectivity index (χ2n) is 8.64. The van der Waals surface area contributed by atoms with Gasteiger partial charge in [-0.25, -0.2) is 4.99 Å². The van der Waals surface area contributed by atoms with Gasteiger partial charge in [0.15, 0.2) is 0 Å². The van der Waals surface area contributed by atoms with E-state index in [9.17, 15) is 4.79 Å². The van der Waals surface area contributed by atoms with E-state index in [1.54, 1.807) is 11.8 Å². The van der Waals surface area contributed by atoms with Crippen LogP contribution < -0.4 is 10.6 Å². The van der Waals surface area contributed by atoms with Crippen LogP contribution in [0.3, 0.4) is 0 Å². The summed E-state index contributed by atoms with van der Waals surface area (Å²) in [6.45, 7) is 4.06. The Labute approximate surface area is 220 Å². The summed E-state index contributed by atoms with van der Waals surface area (Å²) in [5.74, 6) is -0.158. The lowest BCUT2D eigenvalue weighted by Gasteiger charge is -2.17. The summed E-state index contributed by atoms with van der Waals surface area (Å²) in [5.41, 5.74) is 6.37. The molecule has 4 aromatic rings. The van der Waals surface area contributed by atoms with Crippen LogP contribution in [0.1, 0.15) is 40.9 Å². The number of nitrogens with one attached hydrogen (secondary N) is 2. The van der Waals surface area contributed by atoms with Crippen LogP contribution in [0, 0.1) is 0 Å². The number of carbonyl (C=O) groups is 1. The normalized spacial score (nSPS) is 13.0. The number of amides is 1. The van der Waals surface area contributed by atoms with Crippen LogP contribution in [-0.4, -0.2) is 17.8 Å². The zero-order chi connectivity index (χ0) is 25.1. The summed E-state index contributed by atoms with van der Waals surface area (Å²) in [7, 11) is 0. The Morgan fingerprint density at radius 3 is 2.53 bits per heavy atom. The van der Waals surface area contributed by atoms with E-state index < -0.39 is 0 Å². The number of nitrogens with zero attached hydrogens (tertiary/aromatic N) is 1. The molecule has 1 aliphatic heterocycles. The van der Waals surface area contributed by atoms with Crippen molar-refractivity contribution in [1.29, 1.82) is 0 Å². The van der Waals surface area contributed by atoms with Gasteiger partial charge < -0.3 is 10.6 Å². The Morgan fingerprint density at radius 2 is 1.75 bits per heavy atom. The Balaban J connectivity index is 1.42. The molecule has 1 amide bonds. The van der Waals surface area contributed by atoms with E-state index in [-0.39, 0.29) is 12.1 Å². The van der Waals surface area contributed by atoms with Crippen molar-refractivity contribution in [2.24, 2.45) is 4.99 Å². The number of aryl methyl sites for hydroxylation is 1. The number of halogens is 1. The van der Waals surface area contributed by atoms with E-state index in [4.69, 9.17) is 16.6 Å². The first-order chi connectivity index (χ1) is 17.5. The Morgan fingerprint density at radius 1 is 0.944 bits per heavy atom. The average molecular weight is 512 g/mol. The van der Waals surface area contributed by atoms with Crippen molar-refractivity contribution in [1.82, 2.24) is 5.32 Å². The number of benzene rings is 4. The number of hydrogen-bond acceptors (Lipinski definition) is 4. The molecule has 36 heavy (non-hydrogen) atoms. The highest BCUT2D eigenvalue weighted by molar-refractivity contribution is 7.99. The molecule has 0 fully saturated rings. The summed E-state index contributed by atoms with van der Waals surface area (Å²) in [5, 5.41) is 7.03. The molecule has 1 unspecified atom stereocenters. The summed E-state index contributed by atoms with van der Waals surface area (Å²) in [6, 6.07) is 29.8. The van der Waals surface area contributed by atoms with E-state index in [0.29, 0.717) is 10.6 Å². The molecular weight excluding hydrogens is 486 g/mol. The fourth-order valence-corrected chi connectivity index (χ4v) is 5.33. The molecule has 0 radical (unpaired) electrons. The third-order valence-electron chi connectivity index (χ3n) is 6.01. The molecule has 0 saturated carbocycles. The average Bonchev–Trinajstić information content (AvgIpc) is 3.05. The van der Waals surface area contributed by atoms with Gasteiger partial charge in [-0.15, -0.1) is 0 Å². The molecule has 0 bridgehead atoms. The van der Waals surface area contributed by atoms with Crippen molar-refractivity contribution in [3.05, 3.63) is 118 Å². The lowest BCUT2D eigenvalue weighted by atomic mass is 10.0. The first-order valence-electron chi connectivity index (χ1n) is 11.9. The molecule has 1 atom stereocenters. The maximum Gasteiger partial charge on any atom is 0.252 e. The summed E-state index contributed by atoms with van der Waals surface area (Å²) in [4.78, 5) is 20.3. The predicted octanol–water partition coefficient (Wildman–Crippen LogP) is 7.72. The zero-order valence-corrected chi connectivity index (χ0v) is 21.7. The lowest BCUT2D eigenvalue weighted by molar-refractivity contribution is 0.0944. The van der Waals surface area contributed by atoms with E-state index in [0.717, 1.165) is 44.4 Å². The van der Waals surface area contributed by atoms with E-state index >= 15 is 0 Å². The van der Waals surface area contributed by atoms with Crippen molar-refractivity contribution in [3.8, 4) is 0 Å². The van der Waals surface area contributed by atoms with Crippen LogP contribution >= 0.6 is 23.4 Å². The van der Waals surface area contributed by atoms with Crippen molar-refractivity contribution < 1.29 is 4.79 Å². The van der Waals surface area contributed by atoms with Gasteiger partial charge in [-0.1, -0.05) is 72.8 Å². The van der Waals surface area contributed by atoms with Gasteiger partial charge in [0.2, 0.25) is 0 Å². The summed E-state index contributed by atoms with van der Waals surface area (Å²) < 4.78 is 0. The van der Waals surface area contributed by atoms with Crippen LogP contribution in [0.2, 0.25) is 5.02 Å². The Bertz CT molecular complexity index is 1450. The van der Waals surface area contributed by atoms with Crippen molar-refractivity contribution in [2.75, 3.05) is 5.32 Å². The van der Waals surface area contributed by atoms with E-state index in [1.807, 2.05) is 73.7 Å². The molecular formula is C30H26ClN3OS. The maximum absolute atomic E-state index is 13.1. The molecule has 180 valence electrons. The fraction of sp³-hybridized carbons (Fsp3) is 0.133. The highest BCUT2D eigenvalue weighted by Crippen LogP contribution is 2.41. The van der Waals surface area contributed by atoms with Gasteiger partial charge >= 0.3 is 0 Å². The second-order valence-corrected chi connectivity index (χ2v) is 10.2. The summed E-state index contributed by atoms with van der Waals surface area (Å²) in [6.07, 6.45) is 0.753. The van der Waals surface area contributed by atoms with Crippen molar-refractivity contribution in [2.45, 2.75) is 36.2 Å². The minimum absolute atomic E-state index is 0.158. The molecule has 5 rings (SSSR count). The van der Waals surface area contributed by atoms with Crippen LogP contribution in [0.4, 0.5) is 11.4 Å². The van der Waals surface area contributed by atoms with Crippen LogP contribution in [0.25, 0.3) is 0 Å². The number of hydrogen-bond donors (Lipinski definition) is 2. The molecule has 0 spiro atoms. The molecule has 4 nitrogen and oxygen atoms in total. The number of fused-ring (bicyclic) bond motifs is 2. The molecule has 0 saturated heterocycles. The highest BCUT2D eigenvalue weighted by Gasteiger charge is 2.20. The lowest BCUT2D eigenvalue weighted by Crippen LogP contribution is -2.38. The predicted molar refractivity (Wildman–Crippen MR) is 150 cm³/mol. The number of rotatable bonds is 6. The van der Waals surface area contributed by atoms with Crippen LogP contribution in [-0.2, 0) is 6.42 Å². The van der Waals surface area contributed by atoms with Crippen LogP contribution in [0.15, 0.2) is 106 Å². The quantitative estimate of drug-likeness (QED) is 0.229. The van der Waals surface area contributed by atoms with Gasteiger partial charge in [-0.3, -0.25) is 4.79 Å². The first-order valence-corrected chi connectivity index (χ1v) is 13.1. The Hall–Kier alpha value is -3.54. The molecule has 0 aliphatic carbocycles. The second kappa shape index (κ2) is 10.6. The molecule has 2 N–H and O–H groups in total. The van der Waals surface area contributed by atoms with E-state index in [1.165, 1.54) is 5.56 Å². The molecule has 6 heteroatoms. The van der Waals surface area contributed by atoms with Crippen molar-refractivity contribution >= 4 is 46.4 Å². The fourth-order valence-electron chi connectivity index (χ4n) is 4.14. The van der Waals surface area contributed by atoms with Gasteiger partial charge in [-0.05, 0) is 67.4 Å². The smallest absolute Gasteiger partial charge is 0.252 e. The minimum atomic E-state index is -0.243. The zero-order valence-electron chi connectivity index (χ0n) is 20.1. The largest absolute Gasteiger partial charge is 0.366 e. The number of anilines is 1. The SMILES string of the molecule is CCc1ccc(NC(C)NC(=O)c2ccc3c(c2)N=C(c2cccc(Cl)c2)c2ccccc2S3)cc1. The minimum Gasteiger partial charge on any atom is -0.366 e. The summed E-state index contributed by atoms with van der Waals surface area (Å²) >= 11 is 7.95. The Kier molecular flexibility index (Phi) is 7.12. The molecule has 1 heterocycles. The monoisotopic (exact) mass is 511 g/mol. The van der Waals surface area contributed by atoms with Gasteiger partial charge in [0, 0.05) is 37.2 Å². The first kappa shape index (κ1) is 24.2. The van der Waals surface area contributed by atoms with Gasteiger partial charge in [0.1, 0.15) is 0 Å². The maximum atomic E-state index is 13.1. The van der Waals surface area contributed by atoms with Gasteiger partial charge in [-0.2, -0.15) is 0 Å².